The second kappa shape index (κ2) is 8.42. The molecule has 0 unspecified atom stereocenters. The second-order valence-corrected chi connectivity index (χ2v) is 9.07. The fraction of sp³-hybridized carbons (Fsp3) is 0.583. The van der Waals surface area contributed by atoms with E-state index in [4.69, 9.17) is 0 Å². The van der Waals surface area contributed by atoms with Crippen LogP contribution in [-0.2, 0) is 19.9 Å². The smallest absolute Gasteiger partial charge is 0.289 e. The molecule has 0 spiro atoms. The van der Waals surface area contributed by atoms with Gasteiger partial charge in [-0.05, 0) is 48.9 Å². The average molecular weight is 408 g/mol. The van der Waals surface area contributed by atoms with Gasteiger partial charge >= 0.3 is 0 Å². The van der Waals surface area contributed by atoms with Crippen molar-refractivity contribution in [1.29, 1.82) is 0 Å². The first kappa shape index (κ1) is 19.6. The van der Waals surface area contributed by atoms with Crippen LogP contribution in [0.3, 0.4) is 0 Å². The van der Waals surface area contributed by atoms with Crippen LogP contribution in [-0.4, -0.2) is 70.6 Å². The van der Waals surface area contributed by atoms with Crippen molar-refractivity contribution in [3.8, 4) is 0 Å². The fourth-order valence-corrected chi connectivity index (χ4v) is 5.44. The van der Waals surface area contributed by atoms with Gasteiger partial charge in [0.05, 0.1) is 0 Å². The highest BCUT2D eigenvalue weighted by Gasteiger charge is 2.27. The summed E-state index contributed by atoms with van der Waals surface area (Å²) >= 11 is 0. The molecule has 2 fully saturated rings. The zero-order valence-corrected chi connectivity index (χ0v) is 18.1. The minimum absolute atomic E-state index is 0.0380. The molecule has 1 saturated heterocycles. The van der Waals surface area contributed by atoms with Gasteiger partial charge in [-0.15, -0.1) is 0 Å². The SMILES string of the molecule is Cn1ccnc1C(=O)N1CCN(c2ccc3c(c2)CCN(C2CCCC2)CC3)CC1. The lowest BCUT2D eigenvalue weighted by Gasteiger charge is -2.36. The molecule has 0 bridgehead atoms. The molecule has 6 nitrogen and oxygen atoms in total. The standard InChI is InChI=1S/C24H33N5O/c1-26-13-10-25-23(26)24(30)29-16-14-28(15-17-29)22-7-6-19-8-11-27(12-9-20(19)18-22)21-4-2-3-5-21/h6-7,10,13,18,21H,2-5,8-9,11-12,14-17H2,1H3. The third kappa shape index (κ3) is 3.85. The monoisotopic (exact) mass is 407 g/mol. The van der Waals surface area contributed by atoms with Gasteiger partial charge in [0.2, 0.25) is 0 Å². The van der Waals surface area contributed by atoms with Gasteiger partial charge in [0, 0.05) is 70.4 Å². The van der Waals surface area contributed by atoms with Crippen LogP contribution < -0.4 is 4.90 Å². The Kier molecular flexibility index (Phi) is 5.50. The van der Waals surface area contributed by atoms with Gasteiger partial charge in [0.1, 0.15) is 0 Å². The molecule has 1 aromatic heterocycles. The molecule has 0 N–H and O–H groups in total. The van der Waals surface area contributed by atoms with Crippen molar-refractivity contribution in [2.75, 3.05) is 44.2 Å². The van der Waals surface area contributed by atoms with E-state index in [9.17, 15) is 4.79 Å². The number of nitrogens with zero attached hydrogens (tertiary/aromatic N) is 5. The first-order valence-corrected chi connectivity index (χ1v) is 11.6. The molecule has 1 aliphatic carbocycles. The van der Waals surface area contributed by atoms with Gasteiger partial charge in [0.25, 0.3) is 5.91 Å². The summed E-state index contributed by atoms with van der Waals surface area (Å²) in [6.45, 7) is 5.67. The lowest BCUT2D eigenvalue weighted by molar-refractivity contribution is 0.0731. The van der Waals surface area contributed by atoms with Gasteiger partial charge in [-0.1, -0.05) is 18.9 Å². The molecule has 30 heavy (non-hydrogen) atoms. The molecule has 0 atom stereocenters. The molecular formula is C24H33N5O. The van der Waals surface area contributed by atoms with Crippen LogP contribution in [0.4, 0.5) is 5.69 Å². The number of hydrogen-bond donors (Lipinski definition) is 0. The van der Waals surface area contributed by atoms with Crippen molar-refractivity contribution in [2.45, 2.75) is 44.6 Å². The van der Waals surface area contributed by atoms with Gasteiger partial charge in [-0.2, -0.15) is 0 Å². The summed E-state index contributed by atoms with van der Waals surface area (Å²) in [4.78, 5) is 24.0. The molecule has 5 rings (SSSR count). The van der Waals surface area contributed by atoms with E-state index in [1.807, 2.05) is 18.1 Å². The van der Waals surface area contributed by atoms with Crippen LogP contribution in [0.1, 0.15) is 47.4 Å². The van der Waals surface area contributed by atoms with E-state index in [0.717, 1.165) is 38.6 Å². The Hall–Kier alpha value is -2.34. The summed E-state index contributed by atoms with van der Waals surface area (Å²) in [5, 5.41) is 0. The summed E-state index contributed by atoms with van der Waals surface area (Å²) < 4.78 is 1.80. The number of anilines is 1. The van der Waals surface area contributed by atoms with E-state index in [-0.39, 0.29) is 5.91 Å². The number of rotatable bonds is 3. The fourth-order valence-electron chi connectivity index (χ4n) is 5.44. The lowest BCUT2D eigenvalue weighted by atomic mass is 10.0. The molecule has 2 aliphatic heterocycles. The van der Waals surface area contributed by atoms with E-state index in [1.165, 1.54) is 62.0 Å². The Morgan fingerprint density at radius 2 is 1.70 bits per heavy atom. The van der Waals surface area contributed by atoms with Gasteiger partial charge in [0.15, 0.2) is 5.82 Å². The number of benzene rings is 1. The number of amides is 1. The average Bonchev–Trinajstić information content (AvgIpc) is 3.41. The highest BCUT2D eigenvalue weighted by molar-refractivity contribution is 5.91. The van der Waals surface area contributed by atoms with Crippen molar-refractivity contribution in [3.05, 3.63) is 47.5 Å². The zero-order valence-electron chi connectivity index (χ0n) is 18.1. The number of aryl methyl sites for hydroxylation is 1. The van der Waals surface area contributed by atoms with Crippen LogP contribution in [0.2, 0.25) is 0 Å². The zero-order chi connectivity index (χ0) is 20.5. The third-order valence-electron chi connectivity index (χ3n) is 7.31. The summed E-state index contributed by atoms with van der Waals surface area (Å²) in [5.41, 5.74) is 4.37. The Morgan fingerprint density at radius 1 is 0.967 bits per heavy atom. The van der Waals surface area contributed by atoms with Crippen molar-refractivity contribution in [1.82, 2.24) is 19.4 Å². The Morgan fingerprint density at radius 3 is 2.40 bits per heavy atom. The first-order valence-electron chi connectivity index (χ1n) is 11.6. The molecule has 1 saturated carbocycles. The predicted octanol–water partition coefficient (Wildman–Crippen LogP) is 2.73. The first-order chi connectivity index (χ1) is 14.7. The van der Waals surface area contributed by atoms with Crippen molar-refractivity contribution in [3.63, 3.8) is 0 Å². The summed E-state index contributed by atoms with van der Waals surface area (Å²) in [5.74, 6) is 0.566. The molecule has 2 aromatic rings. The van der Waals surface area contributed by atoms with Crippen LogP contribution in [0.15, 0.2) is 30.6 Å². The van der Waals surface area contributed by atoms with Crippen LogP contribution >= 0.6 is 0 Å². The molecule has 0 radical (unpaired) electrons. The van der Waals surface area contributed by atoms with E-state index in [1.54, 1.807) is 10.8 Å². The Balaban J connectivity index is 1.22. The highest BCUT2D eigenvalue weighted by Crippen LogP contribution is 2.28. The Bertz CT molecular complexity index is 893. The molecular weight excluding hydrogens is 374 g/mol. The summed E-state index contributed by atoms with van der Waals surface area (Å²) in [7, 11) is 1.88. The van der Waals surface area contributed by atoms with Crippen LogP contribution in [0.5, 0.6) is 0 Å². The van der Waals surface area contributed by atoms with E-state index in [0.29, 0.717) is 5.82 Å². The quantitative estimate of drug-likeness (QED) is 0.785. The number of hydrogen-bond acceptors (Lipinski definition) is 4. The number of carbonyl (C=O) groups excluding carboxylic acids is 1. The minimum Gasteiger partial charge on any atom is -0.368 e. The molecule has 6 heteroatoms. The molecule has 3 aliphatic rings. The van der Waals surface area contributed by atoms with Gasteiger partial charge in [-0.3, -0.25) is 9.69 Å². The lowest BCUT2D eigenvalue weighted by Crippen LogP contribution is -2.49. The van der Waals surface area contributed by atoms with Crippen molar-refractivity contribution >= 4 is 11.6 Å². The summed E-state index contributed by atoms with van der Waals surface area (Å²) in [6, 6.07) is 7.89. The normalized spacial score (nSPS) is 21.0. The molecule has 160 valence electrons. The maximum atomic E-state index is 12.7. The Labute approximate surface area is 179 Å². The maximum Gasteiger partial charge on any atom is 0.289 e. The topological polar surface area (TPSA) is 44.6 Å². The highest BCUT2D eigenvalue weighted by atomic mass is 16.2. The van der Waals surface area contributed by atoms with E-state index >= 15 is 0 Å². The van der Waals surface area contributed by atoms with E-state index in [2.05, 4.69) is 33.0 Å². The third-order valence-corrected chi connectivity index (χ3v) is 7.31. The maximum absolute atomic E-state index is 12.7. The number of imidazole rings is 1. The van der Waals surface area contributed by atoms with Crippen LogP contribution in [0, 0.1) is 0 Å². The second-order valence-electron chi connectivity index (χ2n) is 9.07. The number of aromatic nitrogens is 2. The van der Waals surface area contributed by atoms with Crippen LogP contribution in [0.25, 0.3) is 0 Å². The van der Waals surface area contributed by atoms with Gasteiger partial charge < -0.3 is 14.4 Å². The van der Waals surface area contributed by atoms with Crippen molar-refractivity contribution in [2.24, 2.45) is 7.05 Å². The van der Waals surface area contributed by atoms with E-state index < -0.39 is 0 Å². The predicted molar refractivity (Wildman–Crippen MR) is 119 cm³/mol. The largest absolute Gasteiger partial charge is 0.368 e. The molecule has 1 amide bonds. The minimum atomic E-state index is 0.0380. The number of fused-ring (bicyclic) bond motifs is 1. The molecule has 1 aromatic carbocycles. The van der Waals surface area contributed by atoms with Gasteiger partial charge in [-0.25, -0.2) is 4.98 Å². The van der Waals surface area contributed by atoms with Crippen molar-refractivity contribution < 1.29 is 4.79 Å². The number of piperazine rings is 1. The molecule has 3 heterocycles. The summed E-state index contributed by atoms with van der Waals surface area (Å²) in [6.07, 6.45) is 11.5. The number of carbonyl (C=O) groups is 1.